The summed E-state index contributed by atoms with van der Waals surface area (Å²) in [7, 11) is 0. The van der Waals surface area contributed by atoms with Gasteiger partial charge in [0.2, 0.25) is 0 Å². The lowest BCUT2D eigenvalue weighted by Crippen LogP contribution is -2.27. The number of amides is 1. The second kappa shape index (κ2) is 9.54. The second-order valence-corrected chi connectivity index (χ2v) is 6.90. The summed E-state index contributed by atoms with van der Waals surface area (Å²) in [4.78, 5) is 39.8. The molecule has 2 heterocycles. The van der Waals surface area contributed by atoms with Crippen LogP contribution in [0.3, 0.4) is 0 Å². The van der Waals surface area contributed by atoms with E-state index >= 15 is 0 Å². The van der Waals surface area contributed by atoms with E-state index < -0.39 is 23.2 Å². The largest absolute Gasteiger partial charge is 0.505 e. The highest BCUT2D eigenvalue weighted by Gasteiger charge is 2.21. The Morgan fingerprint density at radius 1 is 1.16 bits per heavy atom. The minimum absolute atomic E-state index is 0.0107. The van der Waals surface area contributed by atoms with Crippen LogP contribution in [-0.4, -0.2) is 38.2 Å². The van der Waals surface area contributed by atoms with Crippen molar-refractivity contribution in [2.24, 2.45) is 0 Å². The van der Waals surface area contributed by atoms with Gasteiger partial charge < -0.3 is 20.1 Å². The van der Waals surface area contributed by atoms with Crippen LogP contribution >= 0.6 is 0 Å². The fourth-order valence-electron chi connectivity index (χ4n) is 3.18. The first-order chi connectivity index (χ1) is 14.9. The Bertz CT molecular complexity index is 1230. The van der Waals surface area contributed by atoms with Crippen LogP contribution in [-0.2, 0) is 11.3 Å². The lowest BCUT2D eigenvalue weighted by atomic mass is 10.1. The fourth-order valence-corrected chi connectivity index (χ4v) is 3.18. The average Bonchev–Trinajstić information content (AvgIpc) is 2.76. The molecule has 3 aromatic rings. The van der Waals surface area contributed by atoms with Gasteiger partial charge in [0.15, 0.2) is 17.1 Å². The Balaban J connectivity index is 1.91. The van der Waals surface area contributed by atoms with E-state index in [1.807, 2.05) is 36.4 Å². The van der Waals surface area contributed by atoms with Gasteiger partial charge in [0, 0.05) is 24.5 Å². The summed E-state index contributed by atoms with van der Waals surface area (Å²) in [5, 5.41) is 31.2. The van der Waals surface area contributed by atoms with E-state index in [2.05, 4.69) is 10.3 Å². The van der Waals surface area contributed by atoms with Crippen LogP contribution in [0.15, 0.2) is 47.4 Å². The second-order valence-electron chi connectivity index (χ2n) is 6.90. The molecule has 0 aliphatic heterocycles. The van der Waals surface area contributed by atoms with Gasteiger partial charge in [0.1, 0.15) is 6.07 Å². The smallest absolute Gasteiger partial charge is 0.303 e. The van der Waals surface area contributed by atoms with Crippen LogP contribution in [0.25, 0.3) is 10.8 Å². The molecule has 0 bridgehead atoms. The molecule has 0 aliphatic carbocycles. The number of fused-ring (bicyclic) bond motifs is 1. The van der Waals surface area contributed by atoms with Crippen molar-refractivity contribution < 1.29 is 19.8 Å². The Hall–Kier alpha value is -4.19. The van der Waals surface area contributed by atoms with Gasteiger partial charge in [0.25, 0.3) is 11.5 Å². The van der Waals surface area contributed by atoms with Gasteiger partial charge >= 0.3 is 5.97 Å². The number of aliphatic carboxylic acids is 1. The summed E-state index contributed by atoms with van der Waals surface area (Å²) < 4.78 is 1.40. The number of carboxylic acid groups (broad SMARTS) is 1. The third kappa shape index (κ3) is 4.87. The van der Waals surface area contributed by atoms with Crippen LogP contribution in [0, 0.1) is 11.3 Å². The molecule has 1 aromatic carbocycles. The number of hydrogen-bond donors (Lipinski definition) is 3. The third-order valence-corrected chi connectivity index (χ3v) is 4.72. The molecule has 0 spiro atoms. The van der Waals surface area contributed by atoms with Crippen molar-refractivity contribution >= 4 is 22.6 Å². The Morgan fingerprint density at radius 3 is 2.58 bits per heavy atom. The molecule has 9 nitrogen and oxygen atoms in total. The van der Waals surface area contributed by atoms with Gasteiger partial charge in [-0.3, -0.25) is 14.4 Å². The van der Waals surface area contributed by atoms with Crippen molar-refractivity contribution in [3.05, 3.63) is 69.9 Å². The van der Waals surface area contributed by atoms with E-state index in [4.69, 9.17) is 5.11 Å². The highest BCUT2D eigenvalue weighted by molar-refractivity contribution is 6.02. The summed E-state index contributed by atoms with van der Waals surface area (Å²) in [6.45, 7) is 0.464. The number of unbranched alkanes of at least 4 members (excludes halogenated alkanes) is 1. The van der Waals surface area contributed by atoms with Crippen molar-refractivity contribution in [3.63, 3.8) is 0 Å². The Kier molecular flexibility index (Phi) is 6.62. The van der Waals surface area contributed by atoms with Crippen molar-refractivity contribution in [1.82, 2.24) is 14.9 Å². The number of aromatic hydroxyl groups is 1. The van der Waals surface area contributed by atoms with Crippen LogP contribution in [0.2, 0.25) is 0 Å². The highest BCUT2D eigenvalue weighted by Crippen LogP contribution is 2.27. The van der Waals surface area contributed by atoms with Crippen molar-refractivity contribution in [2.75, 3.05) is 6.54 Å². The molecule has 0 aliphatic rings. The first-order valence-electron chi connectivity index (χ1n) is 9.62. The number of aromatic nitrogens is 2. The zero-order chi connectivity index (χ0) is 22.4. The molecule has 1 amide bonds. The summed E-state index contributed by atoms with van der Waals surface area (Å²) in [6.07, 6.45) is 2.30. The number of nitriles is 1. The monoisotopic (exact) mass is 420 g/mol. The van der Waals surface area contributed by atoms with Crippen LogP contribution in [0.4, 0.5) is 0 Å². The zero-order valence-electron chi connectivity index (χ0n) is 16.5. The summed E-state index contributed by atoms with van der Waals surface area (Å²) in [6, 6.07) is 12.6. The van der Waals surface area contributed by atoms with E-state index in [1.54, 1.807) is 0 Å². The first kappa shape index (κ1) is 21.5. The minimum atomic E-state index is -0.920. The number of nitrogens with one attached hydrogen (secondary N) is 1. The SMILES string of the molecule is N#Cc1nc(C(=O)NCCCCC(=O)O)c(O)c2ccn(Cc3ccccc3)c(=O)c12. The fraction of sp³-hybridized carbons (Fsp3) is 0.227. The number of rotatable bonds is 8. The zero-order valence-corrected chi connectivity index (χ0v) is 16.5. The molecule has 0 unspecified atom stereocenters. The van der Waals surface area contributed by atoms with Gasteiger partial charge in [-0.2, -0.15) is 5.26 Å². The molecule has 31 heavy (non-hydrogen) atoms. The molecule has 0 atom stereocenters. The van der Waals surface area contributed by atoms with E-state index in [-0.39, 0.29) is 41.7 Å². The predicted molar refractivity (Wildman–Crippen MR) is 112 cm³/mol. The standard InChI is InChI=1S/C22H20N4O5/c23-12-16-18-15(9-11-26(22(18)31)13-14-6-2-1-3-7-14)20(29)19(25-16)21(30)24-10-5-4-8-17(27)28/h1-3,6-7,9,11,29H,4-5,8,10,13H2,(H,24,30)(H,27,28). The molecule has 158 valence electrons. The molecule has 0 saturated heterocycles. The van der Waals surface area contributed by atoms with E-state index in [0.29, 0.717) is 12.8 Å². The molecule has 2 aromatic heterocycles. The maximum Gasteiger partial charge on any atom is 0.303 e. The number of carbonyl (C=O) groups excluding carboxylic acids is 1. The molecule has 3 rings (SSSR count). The summed E-state index contributed by atoms with van der Waals surface area (Å²) in [5.41, 5.74) is -0.224. The van der Waals surface area contributed by atoms with Gasteiger partial charge in [-0.15, -0.1) is 0 Å². The van der Waals surface area contributed by atoms with Crippen LogP contribution in [0.5, 0.6) is 5.75 Å². The lowest BCUT2D eigenvalue weighted by Gasteiger charge is -2.12. The minimum Gasteiger partial charge on any atom is -0.505 e. The molecule has 0 fully saturated rings. The number of pyridine rings is 2. The van der Waals surface area contributed by atoms with Gasteiger partial charge in [-0.25, -0.2) is 4.98 Å². The first-order valence-corrected chi connectivity index (χ1v) is 9.62. The average molecular weight is 420 g/mol. The number of hydrogen-bond acceptors (Lipinski definition) is 6. The van der Waals surface area contributed by atoms with E-state index in [9.17, 15) is 24.8 Å². The summed E-state index contributed by atoms with van der Waals surface area (Å²) >= 11 is 0. The molecule has 0 radical (unpaired) electrons. The third-order valence-electron chi connectivity index (χ3n) is 4.72. The topological polar surface area (TPSA) is 145 Å². The van der Waals surface area contributed by atoms with Crippen LogP contribution in [0.1, 0.15) is 41.0 Å². The predicted octanol–water partition coefficient (Wildman–Crippen LogP) is 2.01. The van der Waals surface area contributed by atoms with Gasteiger partial charge in [-0.05, 0) is 24.5 Å². The Morgan fingerprint density at radius 2 is 1.90 bits per heavy atom. The molecular formula is C22H20N4O5. The van der Waals surface area contributed by atoms with E-state index in [0.717, 1.165) is 5.56 Å². The number of nitrogens with zero attached hydrogens (tertiary/aromatic N) is 3. The van der Waals surface area contributed by atoms with Crippen molar-refractivity contribution in [2.45, 2.75) is 25.8 Å². The molecule has 9 heteroatoms. The molecule has 0 saturated carbocycles. The molecule has 3 N–H and O–H groups in total. The highest BCUT2D eigenvalue weighted by atomic mass is 16.4. The van der Waals surface area contributed by atoms with Gasteiger partial charge in [-0.1, -0.05) is 30.3 Å². The Labute approximate surface area is 177 Å². The quantitative estimate of drug-likeness (QED) is 0.473. The number of carboxylic acids is 1. The maximum absolute atomic E-state index is 13.0. The molecular weight excluding hydrogens is 400 g/mol. The maximum atomic E-state index is 13.0. The lowest BCUT2D eigenvalue weighted by molar-refractivity contribution is -0.137. The van der Waals surface area contributed by atoms with E-state index in [1.165, 1.54) is 16.8 Å². The van der Waals surface area contributed by atoms with Crippen LogP contribution < -0.4 is 10.9 Å². The van der Waals surface area contributed by atoms with Crippen molar-refractivity contribution in [3.8, 4) is 11.8 Å². The number of carbonyl (C=O) groups is 2. The van der Waals surface area contributed by atoms with Gasteiger partial charge in [0.05, 0.1) is 11.9 Å². The van der Waals surface area contributed by atoms with Crippen molar-refractivity contribution in [1.29, 1.82) is 5.26 Å². The normalized spacial score (nSPS) is 10.5. The number of benzene rings is 1. The summed E-state index contributed by atoms with van der Waals surface area (Å²) in [5.74, 6) is -2.11.